The van der Waals surface area contributed by atoms with Crippen molar-refractivity contribution in [3.63, 3.8) is 0 Å². The fraction of sp³-hybridized carbons (Fsp3) is 0. The molecule has 0 amide bonds. The molecule has 2 aromatic carbocycles. The number of benzene rings is 3. The molecular formula is C18H12N2O. The third-order valence-corrected chi connectivity index (χ3v) is 3.58. The maximum atomic E-state index is 9.02. The van der Waals surface area contributed by atoms with Gasteiger partial charge < -0.3 is 5.11 Å². The van der Waals surface area contributed by atoms with Gasteiger partial charge >= 0.3 is 0 Å². The van der Waals surface area contributed by atoms with E-state index in [4.69, 9.17) is 5.11 Å². The summed E-state index contributed by atoms with van der Waals surface area (Å²) < 4.78 is 0. The van der Waals surface area contributed by atoms with E-state index in [0.717, 1.165) is 16.6 Å². The van der Waals surface area contributed by atoms with E-state index in [1.165, 1.54) is 16.5 Å². The van der Waals surface area contributed by atoms with Crippen LogP contribution < -0.4 is 0 Å². The van der Waals surface area contributed by atoms with Gasteiger partial charge in [0.05, 0.1) is 16.7 Å². The van der Waals surface area contributed by atoms with Gasteiger partial charge in [0.1, 0.15) is 0 Å². The highest BCUT2D eigenvalue weighted by atomic mass is 16.3. The van der Waals surface area contributed by atoms with Gasteiger partial charge in [-0.25, -0.2) is 9.97 Å². The fourth-order valence-electron chi connectivity index (χ4n) is 2.51. The summed E-state index contributed by atoms with van der Waals surface area (Å²) >= 11 is 0. The molecule has 5 rings (SSSR count). The monoisotopic (exact) mass is 272 g/mol. The molecule has 0 aliphatic carbocycles. The van der Waals surface area contributed by atoms with Crippen molar-refractivity contribution in [2.75, 3.05) is 0 Å². The van der Waals surface area contributed by atoms with E-state index in [2.05, 4.69) is 40.3 Å². The maximum Gasteiger partial charge on any atom is 0.211 e. The molecule has 100 valence electrons. The molecular weight excluding hydrogens is 260 g/mol. The van der Waals surface area contributed by atoms with Crippen LogP contribution in [0, 0.1) is 0 Å². The van der Waals surface area contributed by atoms with Crippen LogP contribution >= 0.6 is 0 Å². The Morgan fingerprint density at radius 2 is 1.48 bits per heavy atom. The highest BCUT2D eigenvalue weighted by Gasteiger charge is 2.14. The van der Waals surface area contributed by atoms with Crippen molar-refractivity contribution in [1.82, 2.24) is 9.97 Å². The van der Waals surface area contributed by atoms with E-state index in [-0.39, 0.29) is 5.88 Å². The van der Waals surface area contributed by atoms with Crippen LogP contribution in [0.3, 0.4) is 0 Å². The van der Waals surface area contributed by atoms with Crippen LogP contribution in [0.5, 0.6) is 5.88 Å². The van der Waals surface area contributed by atoms with E-state index in [1.807, 2.05) is 30.3 Å². The number of aromatic nitrogens is 2. The Labute approximate surface area is 121 Å². The summed E-state index contributed by atoms with van der Waals surface area (Å²) in [7, 11) is 0. The molecule has 3 nitrogen and oxygen atoms in total. The Morgan fingerprint density at radius 1 is 0.667 bits per heavy atom. The van der Waals surface area contributed by atoms with Gasteiger partial charge in [-0.3, -0.25) is 0 Å². The van der Waals surface area contributed by atoms with E-state index < -0.39 is 0 Å². The van der Waals surface area contributed by atoms with Gasteiger partial charge in [0, 0.05) is 22.4 Å². The zero-order valence-corrected chi connectivity index (χ0v) is 11.2. The normalized spacial score (nSPS) is 11.0. The first-order valence-corrected chi connectivity index (χ1v) is 6.76. The van der Waals surface area contributed by atoms with Gasteiger partial charge in [-0.05, 0) is 18.2 Å². The number of hydrogen-bond donors (Lipinski definition) is 1. The molecule has 0 spiro atoms. The van der Waals surface area contributed by atoms with Crippen molar-refractivity contribution in [3.05, 3.63) is 66.7 Å². The van der Waals surface area contributed by atoms with Crippen molar-refractivity contribution in [2.45, 2.75) is 0 Å². The van der Waals surface area contributed by atoms with E-state index in [9.17, 15) is 0 Å². The molecule has 0 saturated heterocycles. The lowest BCUT2D eigenvalue weighted by atomic mass is 9.99. The number of fused-ring (bicyclic) bond motifs is 3. The van der Waals surface area contributed by atoms with E-state index in [0.29, 0.717) is 0 Å². The summed E-state index contributed by atoms with van der Waals surface area (Å²) in [4.78, 5) is 8.23. The third kappa shape index (κ3) is 1.99. The zero-order chi connectivity index (χ0) is 14.2. The van der Waals surface area contributed by atoms with Crippen molar-refractivity contribution < 1.29 is 5.11 Å². The minimum absolute atomic E-state index is 0.0729. The van der Waals surface area contributed by atoms with Crippen molar-refractivity contribution >= 4 is 21.8 Å². The average molecular weight is 272 g/mol. The molecule has 3 heteroatoms. The molecule has 0 fully saturated rings. The largest absolute Gasteiger partial charge is 0.493 e. The average Bonchev–Trinajstić information content (AvgIpc) is 2.51. The van der Waals surface area contributed by atoms with Gasteiger partial charge in [-0.1, -0.05) is 42.5 Å². The van der Waals surface area contributed by atoms with Crippen LogP contribution in [0.15, 0.2) is 66.7 Å². The van der Waals surface area contributed by atoms with Crippen molar-refractivity contribution in [2.24, 2.45) is 0 Å². The number of para-hydroxylation sites is 2. The first-order valence-electron chi connectivity index (χ1n) is 6.76. The van der Waals surface area contributed by atoms with Crippen LogP contribution in [-0.4, -0.2) is 15.1 Å². The summed E-state index contributed by atoms with van der Waals surface area (Å²) in [6.45, 7) is 0. The summed E-state index contributed by atoms with van der Waals surface area (Å²) in [5, 5.41) is 11.3. The van der Waals surface area contributed by atoms with Crippen LogP contribution in [0.4, 0.5) is 0 Å². The van der Waals surface area contributed by atoms with Gasteiger partial charge in [0.25, 0.3) is 0 Å². The number of rotatable bonds is 0. The lowest BCUT2D eigenvalue weighted by molar-refractivity contribution is 0.456. The lowest BCUT2D eigenvalue weighted by Crippen LogP contribution is -1.96. The third-order valence-electron chi connectivity index (χ3n) is 3.58. The summed E-state index contributed by atoms with van der Waals surface area (Å²) in [6.07, 6.45) is 0. The summed E-state index contributed by atoms with van der Waals surface area (Å²) in [5.74, 6) is 0.0729. The van der Waals surface area contributed by atoms with Gasteiger partial charge in [0.2, 0.25) is 5.88 Å². The smallest absolute Gasteiger partial charge is 0.211 e. The number of hydrogen-bond acceptors (Lipinski definition) is 3. The molecule has 2 aromatic heterocycles. The molecule has 1 aliphatic heterocycles. The van der Waals surface area contributed by atoms with Crippen molar-refractivity contribution in [3.8, 4) is 17.1 Å². The Balaban J connectivity index is 0.000000110. The second kappa shape index (κ2) is 4.56. The van der Waals surface area contributed by atoms with Gasteiger partial charge in [-0.15, -0.1) is 0 Å². The highest BCUT2D eigenvalue weighted by Crippen LogP contribution is 2.34. The molecule has 2 bridgehead atoms. The molecule has 3 heterocycles. The van der Waals surface area contributed by atoms with Crippen LogP contribution in [-0.2, 0) is 0 Å². The molecule has 0 saturated carbocycles. The maximum absolute atomic E-state index is 9.02. The minimum Gasteiger partial charge on any atom is -0.493 e. The molecule has 4 aromatic rings. The predicted molar refractivity (Wildman–Crippen MR) is 84.1 cm³/mol. The van der Waals surface area contributed by atoms with Gasteiger partial charge in [0.15, 0.2) is 0 Å². The molecule has 0 unspecified atom stereocenters. The summed E-state index contributed by atoms with van der Waals surface area (Å²) in [5.41, 5.74) is 4.47. The molecule has 0 atom stereocenters. The zero-order valence-electron chi connectivity index (χ0n) is 11.2. The first-order chi connectivity index (χ1) is 10.3. The number of pyridine rings is 2. The quantitative estimate of drug-likeness (QED) is 0.460. The SMILES string of the molecule is Oc1ccc2ccccc2n1.c1cc2c3nc-2ccc3c1. The minimum atomic E-state index is 0.0729. The second-order valence-electron chi connectivity index (χ2n) is 4.94. The highest BCUT2D eigenvalue weighted by molar-refractivity contribution is 6.00. The molecule has 0 radical (unpaired) electrons. The standard InChI is InChI=1S/C9H7NO.C9H5N/c11-9-6-5-7-3-1-2-4-8(7)10-9;1-2-6-4-5-8-7(3-1)9(6)10-8/h1-6H,(H,10,11);1-5H. The topological polar surface area (TPSA) is 46.0 Å². The first kappa shape index (κ1) is 11.9. The van der Waals surface area contributed by atoms with Gasteiger partial charge in [-0.2, -0.15) is 0 Å². The Morgan fingerprint density at radius 3 is 2.29 bits per heavy atom. The lowest BCUT2D eigenvalue weighted by Gasteiger charge is -2.14. The summed E-state index contributed by atoms with van der Waals surface area (Å²) in [6, 6.07) is 21.6. The Hall–Kier alpha value is -2.94. The number of nitrogens with zero attached hydrogens (tertiary/aromatic N) is 2. The van der Waals surface area contributed by atoms with Crippen LogP contribution in [0.2, 0.25) is 0 Å². The molecule has 1 aliphatic rings. The Bertz CT molecular complexity index is 951. The van der Waals surface area contributed by atoms with Crippen LogP contribution in [0.1, 0.15) is 0 Å². The van der Waals surface area contributed by atoms with E-state index in [1.54, 1.807) is 6.07 Å². The molecule has 1 N–H and O–H groups in total. The van der Waals surface area contributed by atoms with E-state index >= 15 is 0 Å². The number of aromatic hydroxyl groups is 1. The Kier molecular flexibility index (Phi) is 2.57. The second-order valence-corrected chi connectivity index (χ2v) is 4.94. The predicted octanol–water partition coefficient (Wildman–Crippen LogP) is 4.16. The fourth-order valence-corrected chi connectivity index (χ4v) is 2.51. The van der Waals surface area contributed by atoms with Crippen LogP contribution in [0.25, 0.3) is 33.1 Å². The van der Waals surface area contributed by atoms with Crippen molar-refractivity contribution in [1.29, 1.82) is 0 Å². The molecule has 21 heavy (non-hydrogen) atoms.